The van der Waals surface area contributed by atoms with E-state index in [-0.39, 0.29) is 29.7 Å². The molecule has 2 aliphatic heterocycles. The first-order chi connectivity index (χ1) is 16.2. The highest BCUT2D eigenvalue weighted by Gasteiger charge is 2.55. The minimum atomic E-state index is -0.391. The fraction of sp³-hybridized carbons (Fsp3) is 0.308. The van der Waals surface area contributed by atoms with Gasteiger partial charge in [-0.05, 0) is 47.9 Å². The van der Waals surface area contributed by atoms with Gasteiger partial charge in [0.25, 0.3) is 0 Å². The maximum absolute atomic E-state index is 13.6. The Morgan fingerprint density at radius 3 is 2.45 bits per heavy atom. The Labute approximate surface area is 193 Å². The number of pyridine rings is 1. The number of benzene rings is 2. The van der Waals surface area contributed by atoms with Gasteiger partial charge in [-0.25, -0.2) is 10.9 Å². The van der Waals surface area contributed by atoms with Crippen LogP contribution >= 0.6 is 0 Å². The first-order valence-electron chi connectivity index (χ1n) is 11.4. The highest BCUT2D eigenvalue weighted by molar-refractivity contribution is 5.86. The van der Waals surface area contributed by atoms with Gasteiger partial charge in [0.2, 0.25) is 5.91 Å². The molecule has 0 radical (unpaired) electrons. The SMILES string of the molecule is CCCOc1ccc(C2C3C(NNC3c3ccccc3O)C(=O)N2Cc2ccncc2)cc1. The molecule has 3 aromatic rings. The summed E-state index contributed by atoms with van der Waals surface area (Å²) >= 11 is 0. The first kappa shape index (κ1) is 21.4. The minimum absolute atomic E-state index is 0.0403. The number of ether oxygens (including phenoxy) is 1. The number of hydrazine groups is 1. The lowest BCUT2D eigenvalue weighted by Crippen LogP contribution is -2.41. The molecule has 7 nitrogen and oxygen atoms in total. The fourth-order valence-electron chi connectivity index (χ4n) is 4.96. The van der Waals surface area contributed by atoms with Gasteiger partial charge in [-0.15, -0.1) is 0 Å². The highest BCUT2D eigenvalue weighted by atomic mass is 16.5. The summed E-state index contributed by atoms with van der Waals surface area (Å²) in [6, 6.07) is 18.4. The van der Waals surface area contributed by atoms with E-state index >= 15 is 0 Å². The molecule has 2 aromatic carbocycles. The molecule has 3 N–H and O–H groups in total. The average Bonchev–Trinajstić information content (AvgIpc) is 3.38. The van der Waals surface area contributed by atoms with E-state index in [2.05, 4.69) is 22.8 Å². The number of likely N-dealkylation sites (tertiary alicyclic amines) is 1. The molecule has 4 unspecified atom stereocenters. The predicted molar refractivity (Wildman–Crippen MR) is 124 cm³/mol. The molecule has 1 aromatic heterocycles. The Bertz CT molecular complexity index is 1110. The Morgan fingerprint density at radius 1 is 1.00 bits per heavy atom. The number of carbonyl (C=O) groups is 1. The lowest BCUT2D eigenvalue weighted by Gasteiger charge is -2.31. The Kier molecular flexibility index (Phi) is 5.98. The summed E-state index contributed by atoms with van der Waals surface area (Å²) in [6.45, 7) is 3.24. The van der Waals surface area contributed by atoms with Gasteiger partial charge in [-0.2, -0.15) is 0 Å². The number of phenolic OH excluding ortho intramolecular Hbond substituents is 1. The summed E-state index contributed by atoms with van der Waals surface area (Å²) in [7, 11) is 0. The standard InChI is InChI=1S/C26H28N4O3/c1-2-15-33-19-9-7-18(8-10-19)25-22-23(20-5-3-4-6-21(20)31)28-29-24(22)26(32)30(25)16-17-11-13-27-14-12-17/h3-14,22-25,28-29,31H,2,15-16H2,1H3. The number of hydrogen-bond donors (Lipinski definition) is 3. The lowest BCUT2D eigenvalue weighted by atomic mass is 9.83. The molecule has 0 aliphatic carbocycles. The Hall–Kier alpha value is -3.42. The van der Waals surface area contributed by atoms with Gasteiger partial charge in [0.15, 0.2) is 0 Å². The molecule has 2 fully saturated rings. The molecule has 3 heterocycles. The maximum Gasteiger partial charge on any atom is 0.242 e. The molecular formula is C26H28N4O3. The van der Waals surface area contributed by atoms with Crippen LogP contribution in [0, 0.1) is 5.92 Å². The van der Waals surface area contributed by atoms with Crippen molar-refractivity contribution in [3.8, 4) is 11.5 Å². The van der Waals surface area contributed by atoms with Gasteiger partial charge >= 0.3 is 0 Å². The van der Waals surface area contributed by atoms with E-state index in [0.717, 1.165) is 28.9 Å². The molecule has 1 amide bonds. The number of phenols is 1. The Balaban J connectivity index is 1.53. The number of nitrogens with zero attached hydrogens (tertiary/aromatic N) is 2. The topological polar surface area (TPSA) is 86.7 Å². The number of hydrogen-bond acceptors (Lipinski definition) is 6. The van der Waals surface area contributed by atoms with Crippen molar-refractivity contribution >= 4 is 5.91 Å². The summed E-state index contributed by atoms with van der Waals surface area (Å²) in [5, 5.41) is 10.5. The van der Waals surface area contributed by atoms with E-state index in [9.17, 15) is 9.90 Å². The zero-order valence-corrected chi connectivity index (χ0v) is 18.5. The summed E-state index contributed by atoms with van der Waals surface area (Å²) in [5.41, 5.74) is 9.34. The van der Waals surface area contributed by atoms with Gasteiger partial charge in [-0.3, -0.25) is 9.78 Å². The number of carbonyl (C=O) groups excluding carboxylic acids is 1. The third-order valence-electron chi connectivity index (χ3n) is 6.48. The molecule has 2 aliphatic rings. The second-order valence-electron chi connectivity index (χ2n) is 8.56. The van der Waals surface area contributed by atoms with Gasteiger partial charge < -0.3 is 14.7 Å². The minimum Gasteiger partial charge on any atom is -0.508 e. The molecule has 0 saturated carbocycles. The van der Waals surface area contributed by atoms with Crippen molar-refractivity contribution < 1.29 is 14.6 Å². The number of rotatable bonds is 7. The quantitative estimate of drug-likeness (QED) is 0.517. The monoisotopic (exact) mass is 444 g/mol. The molecule has 4 atom stereocenters. The van der Waals surface area contributed by atoms with Gasteiger partial charge in [-0.1, -0.05) is 37.3 Å². The van der Waals surface area contributed by atoms with Crippen LogP contribution in [0.2, 0.25) is 0 Å². The number of fused-ring (bicyclic) bond motifs is 1. The van der Waals surface area contributed by atoms with Crippen molar-refractivity contribution in [2.24, 2.45) is 5.92 Å². The molecule has 2 saturated heterocycles. The van der Waals surface area contributed by atoms with Crippen LogP contribution in [0.3, 0.4) is 0 Å². The second-order valence-corrected chi connectivity index (χ2v) is 8.56. The van der Waals surface area contributed by atoms with E-state index in [1.54, 1.807) is 24.5 Å². The van der Waals surface area contributed by atoms with Crippen LogP contribution in [0.4, 0.5) is 0 Å². The largest absolute Gasteiger partial charge is 0.508 e. The highest BCUT2D eigenvalue weighted by Crippen LogP contribution is 2.49. The molecule has 0 bridgehead atoms. The maximum atomic E-state index is 13.6. The van der Waals surface area contributed by atoms with Gasteiger partial charge in [0.1, 0.15) is 17.5 Å². The third-order valence-corrected chi connectivity index (χ3v) is 6.48. The third kappa shape index (κ3) is 4.05. The smallest absolute Gasteiger partial charge is 0.242 e. The summed E-state index contributed by atoms with van der Waals surface area (Å²) in [5.74, 6) is 0.982. The second kappa shape index (κ2) is 9.21. The first-order valence-corrected chi connectivity index (χ1v) is 11.4. The number of nitrogens with one attached hydrogen (secondary N) is 2. The van der Waals surface area contributed by atoms with Crippen LogP contribution in [-0.2, 0) is 11.3 Å². The Morgan fingerprint density at radius 2 is 1.73 bits per heavy atom. The molecular weight excluding hydrogens is 416 g/mol. The van der Waals surface area contributed by atoms with E-state index < -0.39 is 6.04 Å². The fourth-order valence-corrected chi connectivity index (χ4v) is 4.96. The van der Waals surface area contributed by atoms with Crippen LogP contribution in [0.1, 0.15) is 42.1 Å². The normalized spacial score (nSPS) is 24.2. The van der Waals surface area contributed by atoms with Crippen molar-refractivity contribution in [2.75, 3.05) is 6.61 Å². The van der Waals surface area contributed by atoms with Crippen LogP contribution in [0.15, 0.2) is 73.1 Å². The average molecular weight is 445 g/mol. The summed E-state index contributed by atoms with van der Waals surface area (Å²) < 4.78 is 5.76. The number of para-hydroxylation sites is 1. The van der Waals surface area contributed by atoms with Gasteiger partial charge in [0, 0.05) is 30.4 Å². The van der Waals surface area contributed by atoms with E-state index in [4.69, 9.17) is 4.74 Å². The zero-order chi connectivity index (χ0) is 22.8. The van der Waals surface area contributed by atoms with E-state index in [1.807, 2.05) is 53.4 Å². The lowest BCUT2D eigenvalue weighted by molar-refractivity contribution is -0.131. The van der Waals surface area contributed by atoms with Gasteiger partial charge in [0.05, 0.1) is 18.7 Å². The molecule has 170 valence electrons. The van der Waals surface area contributed by atoms with Crippen molar-refractivity contribution in [1.82, 2.24) is 20.7 Å². The van der Waals surface area contributed by atoms with Crippen LogP contribution < -0.4 is 15.6 Å². The number of amides is 1. The van der Waals surface area contributed by atoms with E-state index in [0.29, 0.717) is 13.2 Å². The van der Waals surface area contributed by atoms with Crippen molar-refractivity contribution in [2.45, 2.75) is 38.0 Å². The number of aromatic hydroxyl groups is 1. The van der Waals surface area contributed by atoms with Crippen molar-refractivity contribution in [1.29, 1.82) is 0 Å². The number of aromatic nitrogens is 1. The predicted octanol–water partition coefficient (Wildman–Crippen LogP) is 3.49. The van der Waals surface area contributed by atoms with E-state index in [1.165, 1.54) is 0 Å². The molecule has 7 heteroatoms. The molecule has 0 spiro atoms. The van der Waals surface area contributed by atoms with Crippen LogP contribution in [0.25, 0.3) is 0 Å². The van der Waals surface area contributed by atoms with Crippen molar-refractivity contribution in [3.63, 3.8) is 0 Å². The summed E-state index contributed by atoms with van der Waals surface area (Å²) in [6.07, 6.45) is 4.44. The molecule has 5 rings (SSSR count). The van der Waals surface area contributed by atoms with Crippen LogP contribution in [0.5, 0.6) is 11.5 Å². The van der Waals surface area contributed by atoms with Crippen LogP contribution in [-0.4, -0.2) is 33.5 Å². The summed E-state index contributed by atoms with van der Waals surface area (Å²) in [4.78, 5) is 19.6. The van der Waals surface area contributed by atoms with Crippen molar-refractivity contribution in [3.05, 3.63) is 89.7 Å². The zero-order valence-electron chi connectivity index (χ0n) is 18.5. The molecule has 33 heavy (non-hydrogen) atoms.